The molecule has 0 N–H and O–H groups in total. The second-order valence-electron chi connectivity index (χ2n) is 4.29. The van der Waals surface area contributed by atoms with Crippen molar-refractivity contribution in [1.82, 2.24) is 0 Å². The first-order valence-corrected chi connectivity index (χ1v) is 8.72. The van der Waals surface area contributed by atoms with Crippen molar-refractivity contribution in [1.29, 1.82) is 0 Å². The molecule has 1 aromatic heterocycles. The third kappa shape index (κ3) is 3.31. The maximum Gasteiger partial charge on any atom is 0.176 e. The average Bonchev–Trinajstić information content (AvgIpc) is 2.68. The predicted octanol–water partition coefficient (Wildman–Crippen LogP) is 4.66. The van der Waals surface area contributed by atoms with Crippen LogP contribution in [0.1, 0.15) is 20.1 Å². The molecule has 1 atom stereocenters. The van der Waals surface area contributed by atoms with Crippen LogP contribution in [-0.2, 0) is 10.8 Å². The van der Waals surface area contributed by atoms with Gasteiger partial charge >= 0.3 is 0 Å². The van der Waals surface area contributed by atoms with Crippen LogP contribution in [0.5, 0.6) is 0 Å². The zero-order valence-electron chi connectivity index (χ0n) is 10.9. The van der Waals surface area contributed by atoms with Gasteiger partial charge in [-0.25, -0.2) is 0 Å². The molecule has 0 spiro atoms. The van der Waals surface area contributed by atoms with Crippen LogP contribution < -0.4 is 0 Å². The largest absolute Gasteiger partial charge is 0.293 e. The Kier molecular flexibility index (Phi) is 5.02. The smallest absolute Gasteiger partial charge is 0.176 e. The van der Waals surface area contributed by atoms with Gasteiger partial charge in [-0.3, -0.25) is 9.00 Å². The van der Waals surface area contributed by atoms with E-state index in [2.05, 4.69) is 0 Å². The molecule has 106 valence electrons. The molecule has 2 rings (SSSR count). The van der Waals surface area contributed by atoms with Gasteiger partial charge in [-0.05, 0) is 32.0 Å². The second kappa shape index (κ2) is 6.39. The van der Waals surface area contributed by atoms with Crippen molar-refractivity contribution >= 4 is 51.1 Å². The van der Waals surface area contributed by atoms with E-state index in [-0.39, 0.29) is 11.5 Å². The molecule has 1 unspecified atom stereocenters. The van der Waals surface area contributed by atoms with Gasteiger partial charge in [-0.2, -0.15) is 0 Å². The van der Waals surface area contributed by atoms with Crippen LogP contribution >= 0.6 is 34.5 Å². The number of Topliss-reactive ketones (excluding diaryl/α,β-unsaturated/α-hetero) is 1. The zero-order chi connectivity index (χ0) is 14.9. The first kappa shape index (κ1) is 15.7. The molecule has 0 saturated carbocycles. The van der Waals surface area contributed by atoms with Crippen molar-refractivity contribution in [2.24, 2.45) is 0 Å². The molecular formula is C14H12Cl2O2S2. The summed E-state index contributed by atoms with van der Waals surface area (Å²) in [6, 6.07) is 6.74. The van der Waals surface area contributed by atoms with Crippen LogP contribution in [0.4, 0.5) is 0 Å². The summed E-state index contributed by atoms with van der Waals surface area (Å²) < 4.78 is 12.3. The van der Waals surface area contributed by atoms with Crippen LogP contribution in [0.2, 0.25) is 10.0 Å². The van der Waals surface area contributed by atoms with Crippen LogP contribution in [0, 0.1) is 13.8 Å². The molecule has 2 aromatic rings. The number of thiophene rings is 1. The summed E-state index contributed by atoms with van der Waals surface area (Å²) in [4.78, 5) is 14.5. The minimum absolute atomic E-state index is 0.111. The van der Waals surface area contributed by atoms with Gasteiger partial charge in [-0.15, -0.1) is 11.3 Å². The molecule has 0 saturated heterocycles. The SMILES string of the molecule is Cc1cc(C(=O)CS(=O)c2c(Cl)cccc2Cl)c(C)s1. The fourth-order valence-electron chi connectivity index (χ4n) is 1.88. The van der Waals surface area contributed by atoms with Gasteiger partial charge in [-0.1, -0.05) is 29.3 Å². The molecule has 0 aliphatic carbocycles. The van der Waals surface area contributed by atoms with E-state index in [4.69, 9.17) is 23.2 Å². The van der Waals surface area contributed by atoms with Gasteiger partial charge in [0.1, 0.15) is 0 Å². The van der Waals surface area contributed by atoms with E-state index in [1.54, 1.807) is 29.5 Å². The van der Waals surface area contributed by atoms with Gasteiger partial charge in [0.25, 0.3) is 0 Å². The Bertz CT molecular complexity index is 672. The monoisotopic (exact) mass is 346 g/mol. The van der Waals surface area contributed by atoms with Crippen LogP contribution in [-0.4, -0.2) is 15.7 Å². The number of halogens is 2. The third-order valence-corrected chi connectivity index (χ3v) is 5.99. The maximum absolute atomic E-state index is 12.3. The van der Waals surface area contributed by atoms with Crippen LogP contribution in [0.15, 0.2) is 29.2 Å². The van der Waals surface area contributed by atoms with Gasteiger partial charge in [0.05, 0.1) is 31.5 Å². The highest BCUT2D eigenvalue weighted by Gasteiger charge is 2.19. The Morgan fingerprint density at radius 2 is 1.85 bits per heavy atom. The molecular weight excluding hydrogens is 335 g/mol. The first-order valence-electron chi connectivity index (χ1n) is 5.82. The molecule has 0 aliphatic heterocycles. The van der Waals surface area contributed by atoms with Gasteiger partial charge in [0.15, 0.2) is 5.78 Å². The fraction of sp³-hybridized carbons (Fsp3) is 0.214. The van der Waals surface area contributed by atoms with Gasteiger partial charge < -0.3 is 0 Å². The highest BCUT2D eigenvalue weighted by molar-refractivity contribution is 7.86. The topological polar surface area (TPSA) is 34.1 Å². The molecule has 0 aliphatic rings. The quantitative estimate of drug-likeness (QED) is 0.754. The Morgan fingerprint density at radius 1 is 1.25 bits per heavy atom. The molecule has 2 nitrogen and oxygen atoms in total. The minimum atomic E-state index is -1.54. The van der Waals surface area contributed by atoms with E-state index in [9.17, 15) is 9.00 Å². The predicted molar refractivity (Wildman–Crippen MR) is 85.9 cm³/mol. The Morgan fingerprint density at radius 3 is 2.35 bits per heavy atom. The highest BCUT2D eigenvalue weighted by atomic mass is 35.5. The number of rotatable bonds is 4. The zero-order valence-corrected chi connectivity index (χ0v) is 14.1. The number of carbonyl (C=O) groups is 1. The summed E-state index contributed by atoms with van der Waals surface area (Å²) in [5.74, 6) is -0.262. The van der Waals surface area contributed by atoms with Crippen molar-refractivity contribution < 1.29 is 9.00 Å². The molecule has 0 amide bonds. The average molecular weight is 347 g/mol. The van der Waals surface area contributed by atoms with E-state index in [0.29, 0.717) is 20.5 Å². The van der Waals surface area contributed by atoms with E-state index in [1.165, 1.54) is 0 Å². The van der Waals surface area contributed by atoms with Gasteiger partial charge in [0.2, 0.25) is 0 Å². The van der Waals surface area contributed by atoms with E-state index in [1.807, 2.05) is 19.9 Å². The number of hydrogen-bond acceptors (Lipinski definition) is 3. The molecule has 0 bridgehead atoms. The number of aryl methyl sites for hydroxylation is 2. The fourth-order valence-corrected chi connectivity index (χ4v) is 4.84. The lowest BCUT2D eigenvalue weighted by Gasteiger charge is -2.06. The highest BCUT2D eigenvalue weighted by Crippen LogP contribution is 2.29. The molecule has 20 heavy (non-hydrogen) atoms. The van der Waals surface area contributed by atoms with Crippen molar-refractivity contribution in [3.8, 4) is 0 Å². The molecule has 1 heterocycles. The third-order valence-electron chi connectivity index (χ3n) is 2.75. The van der Waals surface area contributed by atoms with E-state index >= 15 is 0 Å². The summed E-state index contributed by atoms with van der Waals surface area (Å²) in [6.07, 6.45) is 0. The second-order valence-corrected chi connectivity index (χ2v) is 7.95. The lowest BCUT2D eigenvalue weighted by Crippen LogP contribution is -2.12. The van der Waals surface area contributed by atoms with Crippen LogP contribution in [0.3, 0.4) is 0 Å². The lowest BCUT2D eigenvalue weighted by molar-refractivity contribution is 0.102. The van der Waals surface area contributed by atoms with E-state index < -0.39 is 10.8 Å². The minimum Gasteiger partial charge on any atom is -0.293 e. The van der Waals surface area contributed by atoms with Crippen molar-refractivity contribution in [2.75, 3.05) is 5.75 Å². The van der Waals surface area contributed by atoms with Crippen molar-refractivity contribution in [2.45, 2.75) is 18.7 Å². The Labute approximate surface area is 134 Å². The first-order chi connectivity index (χ1) is 9.40. The number of carbonyl (C=O) groups excluding carboxylic acids is 1. The van der Waals surface area contributed by atoms with Gasteiger partial charge in [0, 0.05) is 15.3 Å². The summed E-state index contributed by atoms with van der Waals surface area (Å²) in [5.41, 5.74) is 0.629. The molecule has 0 radical (unpaired) electrons. The Balaban J connectivity index is 2.24. The number of hydrogen-bond donors (Lipinski definition) is 0. The standard InChI is InChI=1S/C14H12Cl2O2S2/c1-8-6-10(9(2)19-8)13(17)7-20(18)14-11(15)4-3-5-12(14)16/h3-6H,7H2,1-2H3. The summed E-state index contributed by atoms with van der Waals surface area (Å²) in [6.45, 7) is 3.83. The van der Waals surface area contributed by atoms with E-state index in [0.717, 1.165) is 9.75 Å². The summed E-state index contributed by atoms with van der Waals surface area (Å²) in [7, 11) is -1.54. The molecule has 6 heteroatoms. The molecule has 0 fully saturated rings. The molecule has 1 aromatic carbocycles. The normalized spacial score (nSPS) is 12.4. The number of ketones is 1. The Hall–Kier alpha value is -0.680. The van der Waals surface area contributed by atoms with Crippen molar-refractivity contribution in [3.05, 3.63) is 49.6 Å². The number of benzene rings is 1. The maximum atomic E-state index is 12.3. The van der Waals surface area contributed by atoms with Crippen LogP contribution in [0.25, 0.3) is 0 Å². The summed E-state index contributed by atoms with van der Waals surface area (Å²) >= 11 is 13.6. The summed E-state index contributed by atoms with van der Waals surface area (Å²) in [5, 5.41) is 0.642. The van der Waals surface area contributed by atoms with Crippen molar-refractivity contribution in [3.63, 3.8) is 0 Å². The lowest BCUT2D eigenvalue weighted by atomic mass is 10.2.